The van der Waals surface area contributed by atoms with Gasteiger partial charge < -0.3 is 9.32 Å². The summed E-state index contributed by atoms with van der Waals surface area (Å²) in [5.41, 5.74) is 13.6. The van der Waals surface area contributed by atoms with Gasteiger partial charge >= 0.3 is 0 Å². The molecule has 0 amide bonds. The van der Waals surface area contributed by atoms with Crippen molar-refractivity contribution in [3.8, 4) is 33.4 Å². The summed E-state index contributed by atoms with van der Waals surface area (Å²) >= 11 is 1.88. The van der Waals surface area contributed by atoms with Crippen LogP contribution in [0.4, 0.5) is 11.4 Å². The van der Waals surface area contributed by atoms with Crippen molar-refractivity contribution in [2.24, 2.45) is 0 Å². The lowest BCUT2D eigenvalue weighted by molar-refractivity contribution is 0.670. The van der Waals surface area contributed by atoms with Gasteiger partial charge in [0.2, 0.25) is 0 Å². The van der Waals surface area contributed by atoms with E-state index in [1.54, 1.807) is 0 Å². The molecule has 0 fully saturated rings. The number of benzene rings is 9. The molecule has 9 aromatic carbocycles. The van der Waals surface area contributed by atoms with Crippen LogP contribution in [0.2, 0.25) is 0 Å². The fraction of sp³-hybridized carbons (Fsp3) is 0.0345. The van der Waals surface area contributed by atoms with Crippen molar-refractivity contribution in [3.63, 3.8) is 0 Å². The van der Waals surface area contributed by atoms with Gasteiger partial charge in [0.15, 0.2) is 0 Å². The van der Waals surface area contributed by atoms with Crippen molar-refractivity contribution in [3.05, 3.63) is 230 Å². The maximum absolute atomic E-state index is 6.81. The zero-order valence-electron chi connectivity index (χ0n) is 33.3. The third-order valence-electron chi connectivity index (χ3n) is 12.4. The average molecular weight is 798 g/mol. The Morgan fingerprint density at radius 1 is 0.492 bits per heavy atom. The van der Waals surface area contributed by atoms with Gasteiger partial charge in [0, 0.05) is 59.4 Å². The number of anilines is 2. The van der Waals surface area contributed by atoms with Crippen molar-refractivity contribution >= 4 is 75.6 Å². The summed E-state index contributed by atoms with van der Waals surface area (Å²) < 4.78 is 9.45. The monoisotopic (exact) mass is 797 g/mol. The van der Waals surface area contributed by atoms with Gasteiger partial charge in [-0.05, 0) is 87.5 Å². The number of hydrogen-bond donors (Lipinski definition) is 0. The molecule has 0 N–H and O–H groups in total. The molecule has 61 heavy (non-hydrogen) atoms. The second-order valence-electron chi connectivity index (χ2n) is 16.0. The zero-order chi connectivity index (χ0) is 40.3. The number of allylic oxidation sites excluding steroid dienone is 3. The lowest BCUT2D eigenvalue weighted by Crippen LogP contribution is -2.18. The first-order valence-corrected chi connectivity index (χ1v) is 21.8. The van der Waals surface area contributed by atoms with Crippen LogP contribution in [0.15, 0.2) is 229 Å². The number of furan rings is 1. The number of para-hydroxylation sites is 2. The highest BCUT2D eigenvalue weighted by molar-refractivity contribution is 7.26. The molecule has 1 unspecified atom stereocenters. The van der Waals surface area contributed by atoms with E-state index in [-0.39, 0.29) is 5.92 Å². The van der Waals surface area contributed by atoms with E-state index in [2.05, 4.69) is 223 Å². The van der Waals surface area contributed by atoms with Crippen molar-refractivity contribution in [1.82, 2.24) is 0 Å². The summed E-state index contributed by atoms with van der Waals surface area (Å²) in [6.45, 7) is 0. The van der Waals surface area contributed by atoms with E-state index in [1.165, 1.54) is 58.8 Å². The van der Waals surface area contributed by atoms with Crippen LogP contribution in [0, 0.1) is 0 Å². The number of hydrogen-bond acceptors (Lipinski definition) is 3. The molecule has 0 saturated heterocycles. The molecule has 0 spiro atoms. The summed E-state index contributed by atoms with van der Waals surface area (Å²) in [5.74, 6) is 0.272. The molecular formula is C58H39NOS. The number of rotatable bonds is 7. The Balaban J connectivity index is 0.978. The molecule has 0 bridgehead atoms. The van der Waals surface area contributed by atoms with E-state index in [0.29, 0.717) is 0 Å². The van der Waals surface area contributed by atoms with E-state index in [0.717, 1.165) is 56.6 Å². The van der Waals surface area contributed by atoms with Crippen LogP contribution in [0.3, 0.4) is 0 Å². The Bertz CT molecular complexity index is 3510. The molecule has 11 aromatic rings. The summed E-state index contributed by atoms with van der Waals surface area (Å²) in [7, 11) is 0. The molecule has 1 aliphatic carbocycles. The van der Waals surface area contributed by atoms with Crippen LogP contribution in [0.5, 0.6) is 0 Å². The highest BCUT2D eigenvalue weighted by Crippen LogP contribution is 2.46. The number of fused-ring (bicyclic) bond motifs is 7. The molecular weight excluding hydrogens is 759 g/mol. The van der Waals surface area contributed by atoms with E-state index < -0.39 is 0 Å². The fourth-order valence-corrected chi connectivity index (χ4v) is 10.6. The number of nitrogens with zero attached hydrogens (tertiary/aromatic N) is 1. The molecule has 0 saturated carbocycles. The second-order valence-corrected chi connectivity index (χ2v) is 17.0. The highest BCUT2D eigenvalue weighted by Gasteiger charge is 2.23. The predicted molar refractivity (Wildman–Crippen MR) is 260 cm³/mol. The largest absolute Gasteiger partial charge is 0.455 e. The first-order valence-electron chi connectivity index (χ1n) is 21.0. The molecule has 3 heteroatoms. The van der Waals surface area contributed by atoms with Crippen molar-refractivity contribution in [2.45, 2.75) is 12.3 Å². The lowest BCUT2D eigenvalue weighted by atomic mass is 9.89. The summed E-state index contributed by atoms with van der Waals surface area (Å²) in [5, 5.41) is 7.27. The smallest absolute Gasteiger partial charge is 0.143 e. The Kier molecular flexibility index (Phi) is 8.53. The lowest BCUT2D eigenvalue weighted by Gasteiger charge is -2.31. The first-order chi connectivity index (χ1) is 30.2. The molecule has 12 rings (SSSR count). The Labute approximate surface area is 358 Å². The normalized spacial score (nSPS) is 14.0. The van der Waals surface area contributed by atoms with Crippen molar-refractivity contribution < 1.29 is 4.42 Å². The minimum Gasteiger partial charge on any atom is -0.455 e. The molecule has 0 aliphatic heterocycles. The van der Waals surface area contributed by atoms with Crippen LogP contribution in [-0.4, -0.2) is 0 Å². The minimum absolute atomic E-state index is 0.272. The third-order valence-corrected chi connectivity index (χ3v) is 13.6. The highest BCUT2D eigenvalue weighted by atomic mass is 32.1. The van der Waals surface area contributed by atoms with Crippen LogP contribution in [0.25, 0.3) is 86.3 Å². The minimum atomic E-state index is 0.272. The van der Waals surface area contributed by atoms with Crippen LogP contribution in [0.1, 0.15) is 17.9 Å². The maximum atomic E-state index is 6.81. The molecule has 1 aliphatic rings. The molecule has 0 radical (unpaired) electrons. The first kappa shape index (κ1) is 35.5. The Morgan fingerprint density at radius 3 is 2.03 bits per heavy atom. The quantitative estimate of drug-likeness (QED) is 0.160. The second kappa shape index (κ2) is 14.7. The Hall–Kier alpha value is -7.46. The molecule has 288 valence electrons. The number of thiophene rings is 1. The van der Waals surface area contributed by atoms with Gasteiger partial charge in [-0.15, -0.1) is 11.3 Å². The van der Waals surface area contributed by atoms with E-state index in [1.807, 2.05) is 11.3 Å². The fourth-order valence-electron chi connectivity index (χ4n) is 9.39. The summed E-state index contributed by atoms with van der Waals surface area (Å²) in [4.78, 5) is 2.43. The van der Waals surface area contributed by atoms with Gasteiger partial charge in [-0.2, -0.15) is 0 Å². The van der Waals surface area contributed by atoms with Gasteiger partial charge in [-0.25, -0.2) is 0 Å². The summed E-state index contributed by atoms with van der Waals surface area (Å²) in [6, 6.07) is 72.6. The van der Waals surface area contributed by atoms with Gasteiger partial charge in [0.25, 0.3) is 0 Å². The molecule has 2 nitrogen and oxygen atoms in total. The maximum Gasteiger partial charge on any atom is 0.143 e. The van der Waals surface area contributed by atoms with Crippen LogP contribution in [-0.2, 0) is 0 Å². The SMILES string of the molecule is C1=CC(c2cccc(-c3ccccc3)c2)CC=C1N(c1ccc(-c2cccc3c2sc2ccccc23)cc1)c1ccccc1-c1cccc2c1oc1cc3ccccc3cc12. The van der Waals surface area contributed by atoms with E-state index >= 15 is 0 Å². The van der Waals surface area contributed by atoms with E-state index in [9.17, 15) is 0 Å². The zero-order valence-corrected chi connectivity index (χ0v) is 34.1. The molecule has 1 atom stereocenters. The van der Waals surface area contributed by atoms with Gasteiger partial charge in [-0.1, -0.05) is 176 Å². The van der Waals surface area contributed by atoms with E-state index in [4.69, 9.17) is 4.42 Å². The summed E-state index contributed by atoms with van der Waals surface area (Å²) in [6.07, 6.45) is 8.01. The van der Waals surface area contributed by atoms with Gasteiger partial charge in [0.1, 0.15) is 11.2 Å². The average Bonchev–Trinajstić information content (AvgIpc) is 3.90. The van der Waals surface area contributed by atoms with Crippen molar-refractivity contribution in [1.29, 1.82) is 0 Å². The Morgan fingerprint density at radius 2 is 1.18 bits per heavy atom. The topological polar surface area (TPSA) is 16.4 Å². The van der Waals surface area contributed by atoms with Crippen LogP contribution >= 0.6 is 11.3 Å². The van der Waals surface area contributed by atoms with Crippen LogP contribution < -0.4 is 4.90 Å². The molecule has 2 heterocycles. The van der Waals surface area contributed by atoms with Gasteiger partial charge in [0.05, 0.1) is 5.69 Å². The predicted octanol–water partition coefficient (Wildman–Crippen LogP) is 16.9. The third kappa shape index (κ3) is 6.17. The van der Waals surface area contributed by atoms with Gasteiger partial charge in [-0.3, -0.25) is 0 Å². The molecule has 2 aromatic heterocycles. The van der Waals surface area contributed by atoms with Crippen molar-refractivity contribution in [2.75, 3.05) is 4.90 Å². The standard InChI is InChI=1S/C58H39NOS/c1-2-13-38(14-3-1)41-17-10-18-42(35-41)39-27-31-45(32-28-39)59(46-33-29-40(30-34-46)47-21-11-24-52-49-20-7-9-26-56(49)61-58(47)52)54-25-8-6-19-48(54)50-22-12-23-51-53-36-43-15-4-5-16-44(43)37-55(53)60-57(50)51/h1-27,29-37,39H,28H2.